The molecule has 0 radical (unpaired) electrons. The van der Waals surface area contributed by atoms with Crippen LogP contribution in [0.25, 0.3) is 0 Å². The van der Waals surface area contributed by atoms with Crippen molar-refractivity contribution in [3.8, 4) is 11.5 Å². The minimum atomic E-state index is -1.23. The molecule has 1 aliphatic rings. The Hall–Kier alpha value is -3.26. The van der Waals surface area contributed by atoms with E-state index in [0.29, 0.717) is 34.1 Å². The van der Waals surface area contributed by atoms with Crippen LogP contribution in [0.15, 0.2) is 42.5 Å². The van der Waals surface area contributed by atoms with Gasteiger partial charge in [-0.15, -0.1) is 0 Å². The van der Waals surface area contributed by atoms with Crippen molar-refractivity contribution in [2.75, 3.05) is 20.8 Å². The van der Waals surface area contributed by atoms with E-state index < -0.39 is 36.0 Å². The Morgan fingerprint density at radius 1 is 1.16 bits per heavy atom. The summed E-state index contributed by atoms with van der Waals surface area (Å²) >= 11 is 5.96. The monoisotopic (exact) mass is 459 g/mol. The van der Waals surface area contributed by atoms with Crippen LogP contribution in [0.5, 0.6) is 11.5 Å². The van der Waals surface area contributed by atoms with E-state index in [2.05, 4.69) is 10.6 Å². The SMILES string of the molecule is CCC1(c2ccc(Cl)cc2)NC(=O)N(CC(=O)NC(C)c2cc(OC)ccc2OC)C1=O. The van der Waals surface area contributed by atoms with Crippen LogP contribution < -0.4 is 20.1 Å². The second kappa shape index (κ2) is 9.48. The number of urea groups is 1. The van der Waals surface area contributed by atoms with Crippen LogP contribution in [0.2, 0.25) is 5.02 Å². The highest BCUT2D eigenvalue weighted by Crippen LogP contribution is 2.33. The van der Waals surface area contributed by atoms with E-state index in [4.69, 9.17) is 21.1 Å². The van der Waals surface area contributed by atoms with Crippen molar-refractivity contribution in [2.24, 2.45) is 0 Å². The molecule has 0 spiro atoms. The molecule has 0 saturated carbocycles. The third-order valence-corrected chi connectivity index (χ3v) is 5.88. The first-order valence-corrected chi connectivity index (χ1v) is 10.5. The number of methoxy groups -OCH3 is 2. The predicted molar refractivity (Wildman–Crippen MR) is 120 cm³/mol. The number of amides is 4. The molecular weight excluding hydrogens is 434 g/mol. The summed E-state index contributed by atoms with van der Waals surface area (Å²) in [6.45, 7) is 3.18. The fourth-order valence-electron chi connectivity index (χ4n) is 3.83. The van der Waals surface area contributed by atoms with Gasteiger partial charge in [-0.05, 0) is 49.2 Å². The number of nitrogens with zero attached hydrogens (tertiary/aromatic N) is 1. The average Bonchev–Trinajstić information content (AvgIpc) is 3.04. The summed E-state index contributed by atoms with van der Waals surface area (Å²) in [4.78, 5) is 39.5. The zero-order valence-electron chi connectivity index (χ0n) is 18.4. The van der Waals surface area contributed by atoms with Gasteiger partial charge in [-0.2, -0.15) is 0 Å². The number of nitrogens with one attached hydrogen (secondary N) is 2. The van der Waals surface area contributed by atoms with Gasteiger partial charge in [0.1, 0.15) is 23.6 Å². The van der Waals surface area contributed by atoms with Gasteiger partial charge in [0.15, 0.2) is 0 Å². The molecule has 1 fully saturated rings. The van der Waals surface area contributed by atoms with Crippen molar-refractivity contribution in [2.45, 2.75) is 31.8 Å². The largest absolute Gasteiger partial charge is 0.497 e. The summed E-state index contributed by atoms with van der Waals surface area (Å²) in [5, 5.41) is 6.09. The number of halogens is 1. The van der Waals surface area contributed by atoms with Gasteiger partial charge in [-0.25, -0.2) is 4.79 Å². The van der Waals surface area contributed by atoms with Crippen LogP contribution in [-0.2, 0) is 15.1 Å². The lowest BCUT2D eigenvalue weighted by atomic mass is 9.87. The Morgan fingerprint density at radius 2 is 1.84 bits per heavy atom. The highest BCUT2D eigenvalue weighted by molar-refractivity contribution is 6.30. The molecule has 4 amide bonds. The number of carbonyl (C=O) groups excluding carboxylic acids is 3. The standard InChI is InChI=1S/C23H26ClN3O5/c1-5-23(15-6-8-16(24)9-7-15)21(29)27(22(30)26-23)13-20(28)25-14(2)18-12-17(31-3)10-11-19(18)32-4/h6-12,14H,5,13H2,1-4H3,(H,25,28)(H,26,30). The molecule has 2 aromatic rings. The Balaban J connectivity index is 1.76. The third kappa shape index (κ3) is 4.36. The zero-order valence-corrected chi connectivity index (χ0v) is 19.2. The first kappa shape index (κ1) is 23.4. The number of carbonyl (C=O) groups is 3. The Bertz CT molecular complexity index is 1030. The lowest BCUT2D eigenvalue weighted by Crippen LogP contribution is -2.45. The van der Waals surface area contributed by atoms with E-state index in [1.54, 1.807) is 63.4 Å². The number of hydrogen-bond donors (Lipinski definition) is 2. The zero-order chi connectivity index (χ0) is 23.5. The fraction of sp³-hybridized carbons (Fsp3) is 0.348. The lowest BCUT2D eigenvalue weighted by molar-refractivity contribution is -0.135. The molecule has 1 heterocycles. The number of rotatable bonds is 8. The molecule has 8 nitrogen and oxygen atoms in total. The molecule has 1 aliphatic heterocycles. The van der Waals surface area contributed by atoms with Gasteiger partial charge >= 0.3 is 6.03 Å². The lowest BCUT2D eigenvalue weighted by Gasteiger charge is -2.26. The van der Waals surface area contributed by atoms with Crippen LogP contribution in [0.4, 0.5) is 4.79 Å². The van der Waals surface area contributed by atoms with Gasteiger partial charge < -0.3 is 20.1 Å². The second-order valence-corrected chi connectivity index (χ2v) is 7.92. The molecule has 1 saturated heterocycles. The quantitative estimate of drug-likeness (QED) is 0.590. The van der Waals surface area contributed by atoms with Gasteiger partial charge in [0, 0.05) is 10.6 Å². The van der Waals surface area contributed by atoms with E-state index >= 15 is 0 Å². The average molecular weight is 460 g/mol. The van der Waals surface area contributed by atoms with Crippen LogP contribution in [0.1, 0.15) is 37.4 Å². The maximum Gasteiger partial charge on any atom is 0.325 e. The Kier molecular flexibility index (Phi) is 6.93. The number of ether oxygens (including phenoxy) is 2. The molecule has 2 aromatic carbocycles. The highest BCUT2D eigenvalue weighted by Gasteiger charge is 2.51. The molecule has 32 heavy (non-hydrogen) atoms. The summed E-state index contributed by atoms with van der Waals surface area (Å²) < 4.78 is 10.6. The van der Waals surface area contributed by atoms with Crippen molar-refractivity contribution in [3.63, 3.8) is 0 Å². The van der Waals surface area contributed by atoms with E-state index in [-0.39, 0.29) is 0 Å². The van der Waals surface area contributed by atoms with Gasteiger partial charge in [-0.3, -0.25) is 14.5 Å². The Labute approximate surface area is 191 Å². The van der Waals surface area contributed by atoms with Crippen molar-refractivity contribution in [3.05, 3.63) is 58.6 Å². The normalized spacial score (nSPS) is 18.8. The number of hydrogen-bond acceptors (Lipinski definition) is 5. The third-order valence-electron chi connectivity index (χ3n) is 5.63. The molecular formula is C23H26ClN3O5. The Morgan fingerprint density at radius 3 is 2.44 bits per heavy atom. The topological polar surface area (TPSA) is 97.0 Å². The summed E-state index contributed by atoms with van der Waals surface area (Å²) in [6.07, 6.45) is 0.328. The summed E-state index contributed by atoms with van der Waals surface area (Å²) in [5.41, 5.74) is 0.0884. The van der Waals surface area contributed by atoms with E-state index in [1.165, 1.54) is 7.11 Å². The fourth-order valence-corrected chi connectivity index (χ4v) is 3.96. The summed E-state index contributed by atoms with van der Waals surface area (Å²) in [6, 6.07) is 10.9. The molecule has 0 aliphatic carbocycles. The second-order valence-electron chi connectivity index (χ2n) is 7.48. The van der Waals surface area contributed by atoms with Crippen molar-refractivity contribution in [1.82, 2.24) is 15.5 Å². The first-order chi connectivity index (χ1) is 15.2. The molecule has 9 heteroatoms. The maximum absolute atomic E-state index is 13.2. The number of benzene rings is 2. The van der Waals surface area contributed by atoms with E-state index in [9.17, 15) is 14.4 Å². The summed E-state index contributed by atoms with van der Waals surface area (Å²) in [7, 11) is 3.08. The van der Waals surface area contributed by atoms with Crippen molar-refractivity contribution >= 4 is 29.4 Å². The van der Waals surface area contributed by atoms with E-state index in [1.807, 2.05) is 0 Å². The number of imide groups is 1. The van der Waals surface area contributed by atoms with Crippen molar-refractivity contribution < 1.29 is 23.9 Å². The smallest absolute Gasteiger partial charge is 0.325 e. The molecule has 0 aromatic heterocycles. The predicted octanol–water partition coefficient (Wildman–Crippen LogP) is 3.39. The van der Waals surface area contributed by atoms with Crippen LogP contribution in [-0.4, -0.2) is 43.5 Å². The minimum Gasteiger partial charge on any atom is -0.497 e. The van der Waals surface area contributed by atoms with Gasteiger partial charge in [0.25, 0.3) is 5.91 Å². The first-order valence-electron chi connectivity index (χ1n) is 10.2. The maximum atomic E-state index is 13.2. The van der Waals surface area contributed by atoms with Crippen LogP contribution in [0.3, 0.4) is 0 Å². The van der Waals surface area contributed by atoms with Gasteiger partial charge in [0.05, 0.1) is 20.3 Å². The molecule has 170 valence electrons. The molecule has 2 unspecified atom stereocenters. The minimum absolute atomic E-state index is 0.328. The van der Waals surface area contributed by atoms with Gasteiger partial charge in [0.2, 0.25) is 5.91 Å². The van der Waals surface area contributed by atoms with E-state index in [0.717, 1.165) is 4.90 Å². The van der Waals surface area contributed by atoms with Crippen molar-refractivity contribution in [1.29, 1.82) is 0 Å². The van der Waals surface area contributed by atoms with Crippen LogP contribution >= 0.6 is 11.6 Å². The summed E-state index contributed by atoms with van der Waals surface area (Å²) in [5.74, 6) is 0.246. The highest BCUT2D eigenvalue weighted by atomic mass is 35.5. The molecule has 2 N–H and O–H groups in total. The van der Waals surface area contributed by atoms with Crippen LogP contribution in [0, 0.1) is 0 Å². The van der Waals surface area contributed by atoms with Gasteiger partial charge in [-0.1, -0.05) is 30.7 Å². The molecule has 3 rings (SSSR count). The molecule has 0 bridgehead atoms. The molecule has 2 atom stereocenters.